The highest BCUT2D eigenvalue weighted by molar-refractivity contribution is 9.28. The van der Waals surface area contributed by atoms with Gasteiger partial charge >= 0.3 is 0 Å². The summed E-state index contributed by atoms with van der Waals surface area (Å²) in [4.78, 5) is 0. The Hall–Kier alpha value is 0.730. The Morgan fingerprint density at radius 3 is 2.44 bits per heavy atom. The summed E-state index contributed by atoms with van der Waals surface area (Å²) >= 11 is 12.1. The lowest BCUT2D eigenvalue weighted by molar-refractivity contribution is 1.22. The molecule has 3 heteroatoms. The highest BCUT2D eigenvalue weighted by atomic mass is 79.9. The molecule has 0 nitrogen and oxygen atoms in total. The van der Waals surface area contributed by atoms with E-state index in [2.05, 4.69) is 31.9 Å². The van der Waals surface area contributed by atoms with Crippen LogP contribution in [-0.4, -0.2) is 0 Å². The summed E-state index contributed by atoms with van der Waals surface area (Å²) in [5.74, 6) is 0. The van der Waals surface area contributed by atoms with Gasteiger partial charge in [-0.15, -0.1) is 0 Å². The molecule has 0 heterocycles. The quantitative estimate of drug-likeness (QED) is 0.664. The lowest BCUT2D eigenvalue weighted by atomic mass is 10.4. The molecule has 0 atom stereocenters. The number of rotatable bonds is 2. The van der Waals surface area contributed by atoms with E-state index in [4.69, 9.17) is 11.6 Å². The van der Waals surface area contributed by atoms with Crippen molar-refractivity contribution in [3.63, 3.8) is 0 Å². The fourth-order valence-electron chi connectivity index (χ4n) is 0.358. The van der Waals surface area contributed by atoms with Crippen LogP contribution in [0, 0.1) is 0 Å². The van der Waals surface area contributed by atoms with Gasteiger partial charge in [0.05, 0.1) is 3.39 Å². The fourth-order valence-corrected chi connectivity index (χ4v) is 1.38. The molecule has 0 unspecified atom stereocenters. The van der Waals surface area contributed by atoms with E-state index in [9.17, 15) is 0 Å². The Labute approximate surface area is 77.2 Å². The van der Waals surface area contributed by atoms with Crippen molar-refractivity contribution in [2.45, 2.75) is 13.3 Å². The van der Waals surface area contributed by atoms with Gasteiger partial charge in [-0.25, -0.2) is 0 Å². The van der Waals surface area contributed by atoms with E-state index in [1.165, 1.54) is 0 Å². The summed E-state index contributed by atoms with van der Waals surface area (Å²) in [5, 5.41) is 0.751. The SMILES string of the molecule is CCC=C(Cl)C=C(Br)Br. The number of hydrogen-bond donors (Lipinski definition) is 0. The standard InChI is InChI=1S/C6H7Br2Cl/c1-2-3-5(9)4-6(7)8/h3-4H,2H2,1H3. The first kappa shape index (κ1) is 9.73. The van der Waals surface area contributed by atoms with Crippen LogP contribution in [0.5, 0.6) is 0 Å². The highest BCUT2D eigenvalue weighted by Gasteiger charge is 1.85. The Kier molecular flexibility index (Phi) is 5.96. The lowest BCUT2D eigenvalue weighted by Crippen LogP contribution is -1.61. The predicted molar refractivity (Wildman–Crippen MR) is 50.2 cm³/mol. The van der Waals surface area contributed by atoms with Gasteiger partial charge < -0.3 is 0 Å². The third-order valence-corrected chi connectivity index (χ3v) is 1.37. The molecule has 0 aromatic carbocycles. The van der Waals surface area contributed by atoms with Gasteiger partial charge in [0.2, 0.25) is 0 Å². The largest absolute Gasteiger partial charge is 0.0846 e. The molecule has 52 valence electrons. The monoisotopic (exact) mass is 272 g/mol. The van der Waals surface area contributed by atoms with Crippen LogP contribution in [0.25, 0.3) is 0 Å². The average Bonchev–Trinajstić information content (AvgIpc) is 1.63. The molecular formula is C6H7Br2Cl. The van der Waals surface area contributed by atoms with Crippen molar-refractivity contribution < 1.29 is 0 Å². The molecule has 0 fully saturated rings. The van der Waals surface area contributed by atoms with Crippen molar-refractivity contribution in [2.75, 3.05) is 0 Å². The minimum absolute atomic E-state index is 0.751. The van der Waals surface area contributed by atoms with Gasteiger partial charge in [0.25, 0.3) is 0 Å². The van der Waals surface area contributed by atoms with Gasteiger partial charge in [0.1, 0.15) is 0 Å². The number of allylic oxidation sites excluding steroid dienone is 3. The molecule has 0 aliphatic heterocycles. The van der Waals surface area contributed by atoms with Crippen LogP contribution < -0.4 is 0 Å². The van der Waals surface area contributed by atoms with Gasteiger partial charge in [-0.05, 0) is 44.4 Å². The third-order valence-electron chi connectivity index (χ3n) is 0.646. The predicted octanol–water partition coefficient (Wildman–Crippen LogP) is 4.15. The zero-order chi connectivity index (χ0) is 7.28. The minimum atomic E-state index is 0.751. The molecule has 0 rings (SSSR count). The van der Waals surface area contributed by atoms with Crippen LogP contribution in [0.4, 0.5) is 0 Å². The van der Waals surface area contributed by atoms with Crippen LogP contribution in [0.15, 0.2) is 20.6 Å². The first-order chi connectivity index (χ1) is 4.16. The van der Waals surface area contributed by atoms with E-state index in [0.29, 0.717) is 0 Å². The van der Waals surface area contributed by atoms with Gasteiger partial charge in [-0.2, -0.15) is 0 Å². The van der Waals surface area contributed by atoms with Crippen LogP contribution in [0.2, 0.25) is 0 Å². The molecule has 0 saturated heterocycles. The zero-order valence-electron chi connectivity index (χ0n) is 5.00. The molecule has 0 saturated carbocycles. The molecule has 0 aromatic heterocycles. The van der Waals surface area contributed by atoms with Crippen LogP contribution in [-0.2, 0) is 0 Å². The summed E-state index contributed by atoms with van der Waals surface area (Å²) in [7, 11) is 0. The molecule has 0 aliphatic carbocycles. The molecule has 0 aliphatic rings. The Morgan fingerprint density at radius 2 is 2.11 bits per heavy atom. The van der Waals surface area contributed by atoms with Crippen molar-refractivity contribution in [3.8, 4) is 0 Å². The Balaban J connectivity index is 3.90. The van der Waals surface area contributed by atoms with Crippen molar-refractivity contribution in [3.05, 3.63) is 20.6 Å². The summed E-state index contributed by atoms with van der Waals surface area (Å²) in [6.07, 6.45) is 4.69. The second kappa shape index (κ2) is 5.51. The minimum Gasteiger partial charge on any atom is -0.0846 e. The maximum atomic E-state index is 5.70. The second-order valence-electron chi connectivity index (χ2n) is 1.43. The average molecular weight is 274 g/mol. The summed E-state index contributed by atoms with van der Waals surface area (Å²) in [6.45, 7) is 2.04. The molecule has 0 bridgehead atoms. The smallest absolute Gasteiger partial charge is 0.0618 e. The number of halogens is 3. The summed E-state index contributed by atoms with van der Waals surface area (Å²) < 4.78 is 0.865. The Bertz CT molecular complexity index is 134. The van der Waals surface area contributed by atoms with Crippen molar-refractivity contribution in [1.82, 2.24) is 0 Å². The van der Waals surface area contributed by atoms with Crippen molar-refractivity contribution >= 4 is 43.5 Å². The second-order valence-corrected chi connectivity index (χ2v) is 4.64. The van der Waals surface area contributed by atoms with Crippen molar-refractivity contribution in [1.29, 1.82) is 0 Å². The summed E-state index contributed by atoms with van der Waals surface area (Å²) in [5.41, 5.74) is 0. The van der Waals surface area contributed by atoms with Crippen LogP contribution in [0.1, 0.15) is 13.3 Å². The molecule has 0 radical (unpaired) electrons. The Morgan fingerprint density at radius 1 is 1.56 bits per heavy atom. The maximum absolute atomic E-state index is 5.70. The molecule has 0 spiro atoms. The third kappa shape index (κ3) is 6.62. The maximum Gasteiger partial charge on any atom is 0.0618 e. The highest BCUT2D eigenvalue weighted by Crippen LogP contribution is 2.18. The van der Waals surface area contributed by atoms with Gasteiger partial charge in [-0.1, -0.05) is 24.6 Å². The number of hydrogen-bond acceptors (Lipinski definition) is 0. The summed E-state index contributed by atoms with van der Waals surface area (Å²) in [6, 6.07) is 0. The van der Waals surface area contributed by atoms with E-state index >= 15 is 0 Å². The van der Waals surface area contributed by atoms with Gasteiger partial charge in [-0.3, -0.25) is 0 Å². The molecule has 0 amide bonds. The van der Waals surface area contributed by atoms with Crippen LogP contribution in [0.3, 0.4) is 0 Å². The van der Waals surface area contributed by atoms with Crippen LogP contribution >= 0.6 is 43.5 Å². The van der Waals surface area contributed by atoms with Gasteiger partial charge in [0, 0.05) is 5.03 Å². The first-order valence-corrected chi connectivity index (χ1v) is 4.51. The zero-order valence-corrected chi connectivity index (χ0v) is 8.92. The molecular weight excluding hydrogens is 267 g/mol. The van der Waals surface area contributed by atoms with E-state index in [1.54, 1.807) is 6.08 Å². The fraction of sp³-hybridized carbons (Fsp3) is 0.333. The van der Waals surface area contributed by atoms with E-state index in [-0.39, 0.29) is 0 Å². The van der Waals surface area contributed by atoms with E-state index < -0.39 is 0 Å². The lowest BCUT2D eigenvalue weighted by Gasteiger charge is -1.85. The molecule has 9 heavy (non-hydrogen) atoms. The van der Waals surface area contributed by atoms with E-state index in [1.807, 2.05) is 13.0 Å². The van der Waals surface area contributed by atoms with Gasteiger partial charge in [0.15, 0.2) is 0 Å². The normalized spacial score (nSPS) is 11.3. The van der Waals surface area contributed by atoms with E-state index in [0.717, 1.165) is 14.8 Å². The molecule has 0 N–H and O–H groups in total. The first-order valence-electron chi connectivity index (χ1n) is 2.55. The molecule has 0 aromatic rings. The van der Waals surface area contributed by atoms with Crippen molar-refractivity contribution in [2.24, 2.45) is 0 Å². The topological polar surface area (TPSA) is 0 Å².